The minimum atomic E-state index is -0.103. The van der Waals surface area contributed by atoms with Gasteiger partial charge in [-0.25, -0.2) is 21.0 Å². The summed E-state index contributed by atoms with van der Waals surface area (Å²) >= 11 is 0. The summed E-state index contributed by atoms with van der Waals surface area (Å²) in [7, 11) is 0. The molecule has 1 saturated carbocycles. The van der Waals surface area contributed by atoms with Gasteiger partial charge in [0.15, 0.2) is 0 Å². The Morgan fingerprint density at radius 3 is 2.44 bits per heavy atom. The Bertz CT molecular complexity index is 1040. The summed E-state index contributed by atoms with van der Waals surface area (Å²) in [5, 5.41) is 10.8. The number of hydrogen-bond donors (Lipinski definition) is 1. The summed E-state index contributed by atoms with van der Waals surface area (Å²) in [5.74, 6) is 0.0850. The van der Waals surface area contributed by atoms with E-state index >= 15 is 0 Å². The molecule has 27 heavy (non-hydrogen) atoms. The van der Waals surface area contributed by atoms with Gasteiger partial charge in [0.25, 0.3) is 5.56 Å². The molecule has 3 aromatic rings. The molecule has 4 nitrogen and oxygen atoms in total. The zero-order chi connectivity index (χ0) is 17.1. The van der Waals surface area contributed by atoms with Gasteiger partial charge in [-0.3, -0.25) is 22.5 Å². The number of aromatic nitrogens is 2. The molecule has 2 aliphatic rings. The smallest absolute Gasteiger partial charge is 0.275 e. The van der Waals surface area contributed by atoms with E-state index in [0.29, 0.717) is 11.1 Å². The van der Waals surface area contributed by atoms with Gasteiger partial charge in [0.05, 0.1) is 17.6 Å². The third kappa shape index (κ3) is 3.14. The van der Waals surface area contributed by atoms with E-state index in [1.165, 1.54) is 0 Å². The molecule has 6 heteroatoms. The molecular weight excluding hydrogens is 585 g/mol. The van der Waals surface area contributed by atoms with Crippen molar-refractivity contribution in [2.24, 2.45) is 0 Å². The van der Waals surface area contributed by atoms with Gasteiger partial charge in [-0.2, -0.15) is 11.1 Å². The normalized spacial score (nSPS) is 19.3. The second-order valence-electron chi connectivity index (χ2n) is 7.03. The van der Waals surface area contributed by atoms with Crippen LogP contribution in [0.1, 0.15) is 36.9 Å². The molecule has 1 radical (unpaired) electrons. The fraction of sp³-hybridized carbons (Fsp3) is 0.286. The van der Waals surface area contributed by atoms with Gasteiger partial charge in [-0.15, -0.1) is 19.1 Å². The minimum Gasteiger partial charge on any atom is -0.493 e. The number of benzene rings is 2. The van der Waals surface area contributed by atoms with E-state index in [1.807, 2.05) is 43.3 Å². The van der Waals surface area contributed by atoms with Gasteiger partial charge in [0.1, 0.15) is 0 Å². The molecule has 1 N–H and O–H groups in total. The maximum Gasteiger partial charge on any atom is 0.275 e. The van der Waals surface area contributed by atoms with Crippen molar-refractivity contribution in [2.75, 3.05) is 0 Å². The standard InChI is InChI=1S/C21H18N2O2.W.Y/c1-13-7-8-15(14-5-3-2-4-6-14)11-18(13)19-20(24)22-16-9-10-17(12-16)23(22)21(19)25;;/h2-7,16-17,24H,9-10,12H2,1H3;;/q-2;;. The van der Waals surface area contributed by atoms with Gasteiger partial charge in [0.2, 0.25) is 5.88 Å². The summed E-state index contributed by atoms with van der Waals surface area (Å²) in [6, 6.07) is 18.8. The number of fused-ring (bicyclic) bond motifs is 5. The number of rotatable bonds is 2. The molecular formula is C21H18N2O2WY-2. The average molecular weight is 603 g/mol. The van der Waals surface area contributed by atoms with Gasteiger partial charge in [-0.05, 0) is 19.3 Å². The maximum absolute atomic E-state index is 13.0. The van der Waals surface area contributed by atoms with Crippen LogP contribution in [0.25, 0.3) is 22.3 Å². The predicted molar refractivity (Wildman–Crippen MR) is 95.6 cm³/mol. The second kappa shape index (κ2) is 7.81. The molecule has 1 fully saturated rings. The molecule has 2 unspecified atom stereocenters. The molecule has 2 atom stereocenters. The number of hydrogen-bond acceptors (Lipinski definition) is 2. The third-order valence-corrected chi connectivity index (χ3v) is 5.55. The van der Waals surface area contributed by atoms with E-state index in [1.54, 1.807) is 9.36 Å². The quantitative estimate of drug-likeness (QED) is 0.453. The maximum atomic E-state index is 13.0. The van der Waals surface area contributed by atoms with Crippen molar-refractivity contribution in [3.8, 4) is 28.1 Å². The SMILES string of the molecule is Cc1c[c-]c(-c2ccccc2)[c-]c1-c1c(O)n2n(c1=O)C1CCC2C1.[W].[Y]. The van der Waals surface area contributed by atoms with Crippen molar-refractivity contribution >= 4 is 0 Å². The summed E-state index contributed by atoms with van der Waals surface area (Å²) in [6.45, 7) is 1.93. The van der Waals surface area contributed by atoms with Crippen molar-refractivity contribution in [3.05, 3.63) is 64.4 Å². The van der Waals surface area contributed by atoms with Crippen LogP contribution in [0.4, 0.5) is 0 Å². The van der Waals surface area contributed by atoms with Crippen molar-refractivity contribution < 1.29 is 58.9 Å². The summed E-state index contributed by atoms with van der Waals surface area (Å²) in [4.78, 5) is 13.0. The number of aromatic hydroxyl groups is 1. The van der Waals surface area contributed by atoms with E-state index in [2.05, 4.69) is 12.1 Å². The number of aryl methyl sites for hydroxylation is 1. The molecule has 1 aromatic heterocycles. The Balaban J connectivity index is 0.00000105. The van der Waals surface area contributed by atoms with E-state index in [9.17, 15) is 9.90 Å². The monoisotopic (exact) mass is 603 g/mol. The second-order valence-corrected chi connectivity index (χ2v) is 7.03. The van der Waals surface area contributed by atoms with E-state index in [0.717, 1.165) is 36.0 Å². The third-order valence-electron chi connectivity index (χ3n) is 5.55. The van der Waals surface area contributed by atoms with E-state index < -0.39 is 0 Å². The first-order valence-electron chi connectivity index (χ1n) is 8.71. The molecule has 2 aromatic carbocycles. The van der Waals surface area contributed by atoms with Gasteiger partial charge in [0, 0.05) is 53.8 Å². The molecule has 2 bridgehead atoms. The fourth-order valence-corrected chi connectivity index (χ4v) is 4.35. The van der Waals surface area contributed by atoms with Crippen molar-refractivity contribution in [3.63, 3.8) is 0 Å². The van der Waals surface area contributed by atoms with Crippen LogP contribution in [0.2, 0.25) is 0 Å². The summed E-state index contributed by atoms with van der Waals surface area (Å²) in [5.41, 5.74) is 3.64. The van der Waals surface area contributed by atoms with Crippen LogP contribution in [0.5, 0.6) is 5.88 Å². The van der Waals surface area contributed by atoms with Crippen LogP contribution < -0.4 is 5.56 Å². The molecule has 1 aliphatic heterocycles. The van der Waals surface area contributed by atoms with Crippen LogP contribution in [0.15, 0.2) is 41.2 Å². The number of nitrogens with zero attached hydrogens (tertiary/aromatic N) is 2. The molecule has 0 saturated heterocycles. The van der Waals surface area contributed by atoms with Crippen LogP contribution in [-0.2, 0) is 53.8 Å². The Morgan fingerprint density at radius 2 is 1.78 bits per heavy atom. The zero-order valence-corrected chi connectivity index (χ0v) is 20.7. The molecule has 135 valence electrons. The van der Waals surface area contributed by atoms with Crippen molar-refractivity contribution in [2.45, 2.75) is 38.3 Å². The zero-order valence-electron chi connectivity index (χ0n) is 15.0. The van der Waals surface area contributed by atoms with Crippen molar-refractivity contribution in [1.82, 2.24) is 9.36 Å². The van der Waals surface area contributed by atoms with E-state index in [4.69, 9.17) is 0 Å². The Hall–Kier alpha value is -0.958. The molecule has 0 spiro atoms. The van der Waals surface area contributed by atoms with Gasteiger partial charge < -0.3 is 5.11 Å². The average Bonchev–Trinajstić information content (AvgIpc) is 3.31. The first kappa shape index (κ1) is 20.8. The first-order chi connectivity index (χ1) is 12.1. The predicted octanol–water partition coefficient (Wildman–Crippen LogP) is 3.87. The largest absolute Gasteiger partial charge is 0.493 e. The van der Waals surface area contributed by atoms with E-state index in [-0.39, 0.29) is 77.3 Å². The minimum absolute atomic E-state index is 0. The van der Waals surface area contributed by atoms with Crippen LogP contribution in [0, 0.1) is 19.1 Å². The van der Waals surface area contributed by atoms with Crippen LogP contribution in [-0.4, -0.2) is 14.5 Å². The molecule has 2 heterocycles. The van der Waals surface area contributed by atoms with Crippen LogP contribution in [0.3, 0.4) is 0 Å². The van der Waals surface area contributed by atoms with Crippen LogP contribution >= 0.6 is 0 Å². The summed E-state index contributed by atoms with van der Waals surface area (Å²) in [6.07, 6.45) is 3.02. The Morgan fingerprint density at radius 1 is 1.11 bits per heavy atom. The Kier molecular flexibility index (Phi) is 6.01. The van der Waals surface area contributed by atoms with Gasteiger partial charge in [-0.1, -0.05) is 18.2 Å². The van der Waals surface area contributed by atoms with Gasteiger partial charge >= 0.3 is 0 Å². The Labute approximate surface area is 197 Å². The fourth-order valence-electron chi connectivity index (χ4n) is 4.35. The molecule has 5 rings (SSSR count). The first-order valence-corrected chi connectivity index (χ1v) is 8.71. The molecule has 1 aliphatic carbocycles. The topological polar surface area (TPSA) is 47.2 Å². The molecule has 0 amide bonds. The van der Waals surface area contributed by atoms with Crippen molar-refractivity contribution in [1.29, 1.82) is 0 Å². The summed E-state index contributed by atoms with van der Waals surface area (Å²) < 4.78 is 3.56.